The normalized spacial score (nSPS) is 22.5. The zero-order valence-corrected chi connectivity index (χ0v) is 10.3. The third-order valence-corrected chi connectivity index (χ3v) is 3.64. The van der Waals surface area contributed by atoms with Gasteiger partial charge < -0.3 is 11.1 Å². The lowest BCUT2D eigenvalue weighted by molar-refractivity contribution is 0.457. The van der Waals surface area contributed by atoms with Gasteiger partial charge in [0.25, 0.3) is 0 Å². The largest absolute Gasteiger partial charge is 0.323 e. The van der Waals surface area contributed by atoms with Crippen molar-refractivity contribution in [2.45, 2.75) is 18.5 Å². The molecule has 0 spiro atoms. The van der Waals surface area contributed by atoms with Crippen molar-refractivity contribution in [1.82, 2.24) is 5.32 Å². The summed E-state index contributed by atoms with van der Waals surface area (Å²) in [4.78, 5) is 0. The van der Waals surface area contributed by atoms with Crippen molar-refractivity contribution in [3.8, 4) is 0 Å². The van der Waals surface area contributed by atoms with E-state index in [2.05, 4.69) is 59.9 Å². The van der Waals surface area contributed by atoms with Gasteiger partial charge in [0.2, 0.25) is 0 Å². The molecule has 2 aromatic carbocycles. The van der Waals surface area contributed by atoms with E-state index in [-0.39, 0.29) is 6.04 Å². The molecule has 2 atom stereocenters. The average Bonchev–Trinajstić information content (AvgIpc) is 2.44. The number of rotatable bonds is 2. The first-order valence-corrected chi connectivity index (χ1v) is 6.46. The van der Waals surface area contributed by atoms with Gasteiger partial charge in [0.1, 0.15) is 0 Å². The van der Waals surface area contributed by atoms with E-state index in [0.717, 1.165) is 13.0 Å². The highest BCUT2D eigenvalue weighted by atomic mass is 15.0. The van der Waals surface area contributed by atoms with Crippen molar-refractivity contribution in [3.63, 3.8) is 0 Å². The van der Waals surface area contributed by atoms with E-state index in [1.165, 1.54) is 16.7 Å². The van der Waals surface area contributed by atoms with Crippen LogP contribution in [0.1, 0.15) is 28.8 Å². The maximum absolute atomic E-state index is 6.14. The van der Waals surface area contributed by atoms with E-state index >= 15 is 0 Å². The highest BCUT2D eigenvalue weighted by molar-refractivity contribution is 5.36. The molecule has 2 heteroatoms. The molecule has 3 rings (SSSR count). The number of nitrogens with one attached hydrogen (secondary N) is 1. The van der Waals surface area contributed by atoms with E-state index in [1.807, 2.05) is 0 Å². The molecule has 2 nitrogen and oxygen atoms in total. The van der Waals surface area contributed by atoms with Crippen molar-refractivity contribution >= 4 is 0 Å². The highest BCUT2D eigenvalue weighted by Crippen LogP contribution is 2.29. The van der Waals surface area contributed by atoms with Gasteiger partial charge in [0.05, 0.1) is 0 Å². The Kier molecular flexibility index (Phi) is 3.13. The fraction of sp³-hybridized carbons (Fsp3) is 0.250. The van der Waals surface area contributed by atoms with Gasteiger partial charge in [0, 0.05) is 18.6 Å². The Bertz CT molecular complexity index is 522. The Hall–Kier alpha value is -1.64. The van der Waals surface area contributed by atoms with Crippen molar-refractivity contribution in [2.24, 2.45) is 5.73 Å². The molecule has 1 heterocycles. The summed E-state index contributed by atoms with van der Waals surface area (Å²) in [7, 11) is 0. The zero-order valence-electron chi connectivity index (χ0n) is 10.3. The molecular formula is C16H18N2. The second kappa shape index (κ2) is 4.92. The molecule has 0 amide bonds. The summed E-state index contributed by atoms with van der Waals surface area (Å²) in [6.45, 7) is 0.856. The Balaban J connectivity index is 1.89. The quantitative estimate of drug-likeness (QED) is 0.844. The molecule has 2 unspecified atom stereocenters. The molecule has 92 valence electrons. The van der Waals surface area contributed by atoms with Crippen LogP contribution in [0.4, 0.5) is 0 Å². The average molecular weight is 238 g/mol. The molecule has 0 bridgehead atoms. The monoisotopic (exact) mass is 238 g/mol. The Labute approximate surface area is 108 Å². The first kappa shape index (κ1) is 11.5. The van der Waals surface area contributed by atoms with Crippen LogP contribution in [0.2, 0.25) is 0 Å². The summed E-state index contributed by atoms with van der Waals surface area (Å²) in [5.74, 6) is 0. The van der Waals surface area contributed by atoms with E-state index in [4.69, 9.17) is 5.73 Å². The Morgan fingerprint density at radius 1 is 0.944 bits per heavy atom. The van der Waals surface area contributed by atoms with Gasteiger partial charge in [-0.2, -0.15) is 0 Å². The molecule has 0 aromatic heterocycles. The van der Waals surface area contributed by atoms with Crippen LogP contribution in [0.3, 0.4) is 0 Å². The third-order valence-electron chi connectivity index (χ3n) is 3.64. The zero-order chi connectivity index (χ0) is 12.4. The van der Waals surface area contributed by atoms with E-state index in [1.54, 1.807) is 0 Å². The minimum atomic E-state index is 0.119. The van der Waals surface area contributed by atoms with Crippen LogP contribution >= 0.6 is 0 Å². The SMILES string of the molecule is NC1CNC(Cc2ccccc2)c2ccccc21. The van der Waals surface area contributed by atoms with Crippen molar-refractivity contribution < 1.29 is 0 Å². The van der Waals surface area contributed by atoms with Crippen LogP contribution < -0.4 is 11.1 Å². The fourth-order valence-electron chi connectivity index (χ4n) is 2.69. The van der Waals surface area contributed by atoms with Crippen LogP contribution in [-0.4, -0.2) is 6.54 Å². The topological polar surface area (TPSA) is 38.0 Å². The molecule has 0 saturated heterocycles. The van der Waals surface area contributed by atoms with Gasteiger partial charge >= 0.3 is 0 Å². The first-order chi connectivity index (χ1) is 8.84. The van der Waals surface area contributed by atoms with Gasteiger partial charge in [-0.25, -0.2) is 0 Å². The molecule has 0 saturated carbocycles. The molecule has 3 N–H and O–H groups in total. The van der Waals surface area contributed by atoms with Crippen molar-refractivity contribution in [2.75, 3.05) is 6.54 Å². The Morgan fingerprint density at radius 3 is 2.39 bits per heavy atom. The van der Waals surface area contributed by atoms with Gasteiger partial charge in [-0.3, -0.25) is 0 Å². The molecule has 0 radical (unpaired) electrons. The van der Waals surface area contributed by atoms with E-state index in [0.29, 0.717) is 6.04 Å². The lowest BCUT2D eigenvalue weighted by atomic mass is 9.88. The minimum Gasteiger partial charge on any atom is -0.323 e. The summed E-state index contributed by atoms with van der Waals surface area (Å²) in [5, 5.41) is 3.55. The van der Waals surface area contributed by atoms with Crippen LogP contribution in [0.5, 0.6) is 0 Å². The minimum absolute atomic E-state index is 0.119. The van der Waals surface area contributed by atoms with Crippen molar-refractivity contribution in [1.29, 1.82) is 0 Å². The van der Waals surface area contributed by atoms with Crippen LogP contribution in [0.25, 0.3) is 0 Å². The molecule has 1 aliphatic heterocycles. The van der Waals surface area contributed by atoms with Gasteiger partial charge in [-0.15, -0.1) is 0 Å². The number of nitrogens with two attached hydrogens (primary N) is 1. The lowest BCUT2D eigenvalue weighted by Crippen LogP contribution is -2.37. The molecule has 0 fully saturated rings. The fourth-order valence-corrected chi connectivity index (χ4v) is 2.69. The summed E-state index contributed by atoms with van der Waals surface area (Å²) < 4.78 is 0. The number of benzene rings is 2. The van der Waals surface area contributed by atoms with Crippen LogP contribution in [0.15, 0.2) is 54.6 Å². The van der Waals surface area contributed by atoms with E-state index < -0.39 is 0 Å². The van der Waals surface area contributed by atoms with Gasteiger partial charge in [0.15, 0.2) is 0 Å². The van der Waals surface area contributed by atoms with Crippen LogP contribution in [0, 0.1) is 0 Å². The Morgan fingerprint density at radius 2 is 1.61 bits per heavy atom. The number of hydrogen-bond donors (Lipinski definition) is 2. The first-order valence-electron chi connectivity index (χ1n) is 6.46. The molecule has 2 aromatic rings. The summed E-state index contributed by atoms with van der Waals surface area (Å²) in [5.41, 5.74) is 10.1. The predicted octanol–water partition coefficient (Wildman–Crippen LogP) is 2.57. The van der Waals surface area contributed by atoms with Crippen LogP contribution in [-0.2, 0) is 6.42 Å². The van der Waals surface area contributed by atoms with Gasteiger partial charge in [-0.05, 0) is 23.1 Å². The predicted molar refractivity (Wildman–Crippen MR) is 74.3 cm³/mol. The summed E-state index contributed by atoms with van der Waals surface area (Å²) in [6.07, 6.45) is 1.02. The second-order valence-corrected chi connectivity index (χ2v) is 4.89. The molecule has 1 aliphatic rings. The summed E-state index contributed by atoms with van der Waals surface area (Å²) >= 11 is 0. The van der Waals surface area contributed by atoms with Crippen molar-refractivity contribution in [3.05, 3.63) is 71.3 Å². The molecule has 18 heavy (non-hydrogen) atoms. The number of fused-ring (bicyclic) bond motifs is 1. The standard InChI is InChI=1S/C16H18N2/c17-15-11-18-16(10-12-6-2-1-3-7-12)14-9-5-4-8-13(14)15/h1-9,15-16,18H,10-11,17H2. The second-order valence-electron chi connectivity index (χ2n) is 4.89. The number of hydrogen-bond acceptors (Lipinski definition) is 2. The maximum Gasteiger partial charge on any atom is 0.0425 e. The smallest absolute Gasteiger partial charge is 0.0425 e. The highest BCUT2D eigenvalue weighted by Gasteiger charge is 2.23. The molecule has 0 aliphatic carbocycles. The van der Waals surface area contributed by atoms with Gasteiger partial charge in [-0.1, -0.05) is 54.6 Å². The summed E-state index contributed by atoms with van der Waals surface area (Å²) in [6, 6.07) is 19.6. The lowest BCUT2D eigenvalue weighted by Gasteiger charge is -2.31. The molecular weight excluding hydrogens is 220 g/mol. The van der Waals surface area contributed by atoms with E-state index in [9.17, 15) is 0 Å². The third kappa shape index (κ3) is 2.17. The maximum atomic E-state index is 6.14.